The number of amides is 1. The van der Waals surface area contributed by atoms with Gasteiger partial charge in [0.1, 0.15) is 5.82 Å². The molecule has 0 bridgehead atoms. The summed E-state index contributed by atoms with van der Waals surface area (Å²) >= 11 is 0. The molecule has 118 valence electrons. The standard InChI is InChI=1S/C14H22F2N4O/c1-14(17)6-4-3-5-10(14)12(21)19(2)9-11-18-7-8-20(11)13(15)16/h7-8,10,13H,3-6,9,17H2,1-2H3. The first-order valence-electron chi connectivity index (χ1n) is 7.16. The molecule has 1 aliphatic rings. The van der Waals surface area contributed by atoms with Crippen molar-refractivity contribution in [2.24, 2.45) is 11.7 Å². The van der Waals surface area contributed by atoms with Gasteiger partial charge in [0.15, 0.2) is 0 Å². The smallest absolute Gasteiger partial charge is 0.319 e. The summed E-state index contributed by atoms with van der Waals surface area (Å²) in [5.41, 5.74) is 5.70. The highest BCUT2D eigenvalue weighted by atomic mass is 19.3. The molecule has 1 aliphatic carbocycles. The van der Waals surface area contributed by atoms with Gasteiger partial charge in [-0.25, -0.2) is 4.98 Å². The van der Waals surface area contributed by atoms with Crippen LogP contribution in [0.2, 0.25) is 0 Å². The molecule has 1 amide bonds. The number of carbonyl (C=O) groups excluding carboxylic acids is 1. The second kappa shape index (κ2) is 6.09. The van der Waals surface area contributed by atoms with Crippen LogP contribution in [0.25, 0.3) is 0 Å². The molecule has 1 aromatic rings. The van der Waals surface area contributed by atoms with E-state index in [4.69, 9.17) is 5.73 Å². The Bertz CT molecular complexity index is 501. The summed E-state index contributed by atoms with van der Waals surface area (Å²) < 4.78 is 26.3. The van der Waals surface area contributed by atoms with E-state index >= 15 is 0 Å². The van der Waals surface area contributed by atoms with Crippen LogP contribution in [0.5, 0.6) is 0 Å². The minimum absolute atomic E-state index is 0.0583. The third kappa shape index (κ3) is 3.40. The van der Waals surface area contributed by atoms with Crippen LogP contribution >= 0.6 is 0 Å². The Hall–Kier alpha value is -1.50. The Morgan fingerprint density at radius 3 is 2.95 bits per heavy atom. The topological polar surface area (TPSA) is 64.2 Å². The summed E-state index contributed by atoms with van der Waals surface area (Å²) in [7, 11) is 1.61. The molecule has 21 heavy (non-hydrogen) atoms. The summed E-state index contributed by atoms with van der Waals surface area (Å²) in [4.78, 5) is 17.9. The predicted octanol–water partition coefficient (Wildman–Crippen LogP) is 2.14. The Morgan fingerprint density at radius 2 is 2.33 bits per heavy atom. The van der Waals surface area contributed by atoms with Crippen molar-refractivity contribution in [2.45, 2.75) is 51.2 Å². The van der Waals surface area contributed by atoms with E-state index in [-0.39, 0.29) is 24.2 Å². The monoisotopic (exact) mass is 300 g/mol. The SMILES string of the molecule is CN(Cc1nccn1C(F)F)C(=O)C1CCCCC1(C)N. The van der Waals surface area contributed by atoms with Crippen molar-refractivity contribution in [1.29, 1.82) is 0 Å². The second-order valence-electron chi connectivity index (χ2n) is 6.03. The van der Waals surface area contributed by atoms with Gasteiger partial charge in [0.2, 0.25) is 5.91 Å². The molecule has 0 aromatic carbocycles. The Morgan fingerprint density at radius 1 is 1.62 bits per heavy atom. The Labute approximate surface area is 123 Å². The minimum Gasteiger partial charge on any atom is -0.338 e. The highest BCUT2D eigenvalue weighted by Gasteiger charge is 2.39. The summed E-state index contributed by atoms with van der Waals surface area (Å²) in [5.74, 6) is -0.176. The molecule has 0 aliphatic heterocycles. The number of hydrogen-bond donors (Lipinski definition) is 1. The van der Waals surface area contributed by atoms with E-state index in [9.17, 15) is 13.6 Å². The number of aromatic nitrogens is 2. The maximum atomic E-state index is 12.8. The van der Waals surface area contributed by atoms with Crippen molar-refractivity contribution < 1.29 is 13.6 Å². The van der Waals surface area contributed by atoms with E-state index < -0.39 is 12.1 Å². The maximum Gasteiger partial charge on any atom is 0.319 e. The number of nitrogens with two attached hydrogens (primary N) is 1. The minimum atomic E-state index is -2.65. The summed E-state index contributed by atoms with van der Waals surface area (Å²) in [6.07, 6.45) is 6.08. The quantitative estimate of drug-likeness (QED) is 0.926. The van der Waals surface area contributed by atoms with Crippen LogP contribution in [-0.4, -0.2) is 32.9 Å². The lowest BCUT2D eigenvalue weighted by Gasteiger charge is -2.39. The van der Waals surface area contributed by atoms with Crippen LogP contribution in [-0.2, 0) is 11.3 Å². The Balaban J connectivity index is 2.07. The number of carbonyl (C=O) groups is 1. The third-order valence-corrected chi connectivity index (χ3v) is 4.27. The molecule has 1 saturated carbocycles. The van der Waals surface area contributed by atoms with Gasteiger partial charge in [-0.1, -0.05) is 12.8 Å². The number of halogens is 2. The summed E-state index contributed by atoms with van der Waals surface area (Å²) in [6.45, 7) is -0.703. The Kier molecular flexibility index (Phi) is 4.61. The molecule has 5 nitrogen and oxygen atoms in total. The van der Waals surface area contributed by atoms with Crippen molar-refractivity contribution in [3.8, 4) is 0 Å². The van der Waals surface area contributed by atoms with E-state index in [1.54, 1.807) is 7.05 Å². The second-order valence-corrected chi connectivity index (χ2v) is 6.03. The predicted molar refractivity (Wildman–Crippen MR) is 74.5 cm³/mol. The number of imidazole rings is 1. The van der Waals surface area contributed by atoms with Crippen molar-refractivity contribution in [2.75, 3.05) is 7.05 Å². The van der Waals surface area contributed by atoms with E-state index in [1.165, 1.54) is 17.3 Å². The van der Waals surface area contributed by atoms with Gasteiger partial charge in [0.05, 0.1) is 12.5 Å². The van der Waals surface area contributed by atoms with E-state index in [2.05, 4.69) is 4.98 Å². The van der Waals surface area contributed by atoms with Gasteiger partial charge in [-0.3, -0.25) is 9.36 Å². The molecule has 0 saturated heterocycles. The number of nitrogens with zero attached hydrogens (tertiary/aromatic N) is 3. The molecular formula is C14H22F2N4O. The zero-order valence-corrected chi connectivity index (χ0v) is 12.4. The highest BCUT2D eigenvalue weighted by Crippen LogP contribution is 2.33. The fraction of sp³-hybridized carbons (Fsp3) is 0.714. The van der Waals surface area contributed by atoms with Crippen molar-refractivity contribution >= 4 is 5.91 Å². The van der Waals surface area contributed by atoms with E-state index in [1.807, 2.05) is 6.92 Å². The molecule has 2 N–H and O–H groups in total. The zero-order valence-electron chi connectivity index (χ0n) is 12.4. The van der Waals surface area contributed by atoms with Gasteiger partial charge < -0.3 is 10.6 Å². The fourth-order valence-electron chi connectivity index (χ4n) is 2.96. The average Bonchev–Trinajstić information content (AvgIpc) is 2.85. The molecule has 7 heteroatoms. The molecule has 1 fully saturated rings. The first kappa shape index (κ1) is 15.9. The molecule has 2 rings (SSSR count). The van der Waals surface area contributed by atoms with Crippen LogP contribution in [0.1, 0.15) is 45.0 Å². The highest BCUT2D eigenvalue weighted by molar-refractivity contribution is 5.80. The number of rotatable bonds is 4. The molecule has 0 spiro atoms. The van der Waals surface area contributed by atoms with Gasteiger partial charge in [-0.05, 0) is 19.8 Å². The summed E-state index contributed by atoms with van der Waals surface area (Å²) in [5, 5.41) is 0. The first-order valence-corrected chi connectivity index (χ1v) is 7.16. The first-order chi connectivity index (χ1) is 9.83. The van der Waals surface area contributed by atoms with Gasteiger partial charge >= 0.3 is 6.55 Å². The third-order valence-electron chi connectivity index (χ3n) is 4.27. The summed E-state index contributed by atoms with van der Waals surface area (Å²) in [6, 6.07) is 0. The number of alkyl halides is 2. The van der Waals surface area contributed by atoms with Crippen LogP contribution in [0, 0.1) is 5.92 Å². The van der Waals surface area contributed by atoms with Crippen LogP contribution in [0.15, 0.2) is 12.4 Å². The van der Waals surface area contributed by atoms with Gasteiger partial charge in [0, 0.05) is 25.0 Å². The zero-order chi connectivity index (χ0) is 15.6. The van der Waals surface area contributed by atoms with Crippen molar-refractivity contribution in [3.05, 3.63) is 18.2 Å². The van der Waals surface area contributed by atoms with Gasteiger partial charge in [-0.2, -0.15) is 8.78 Å². The lowest BCUT2D eigenvalue weighted by molar-refractivity contribution is -0.138. The van der Waals surface area contributed by atoms with Gasteiger partial charge in [-0.15, -0.1) is 0 Å². The number of hydrogen-bond acceptors (Lipinski definition) is 3. The van der Waals surface area contributed by atoms with Gasteiger partial charge in [0.25, 0.3) is 0 Å². The normalized spacial score (nSPS) is 26.1. The van der Waals surface area contributed by atoms with Crippen molar-refractivity contribution in [1.82, 2.24) is 14.5 Å². The van der Waals surface area contributed by atoms with Crippen LogP contribution < -0.4 is 5.73 Å². The largest absolute Gasteiger partial charge is 0.338 e. The maximum absolute atomic E-state index is 12.8. The van der Waals surface area contributed by atoms with Crippen LogP contribution in [0.4, 0.5) is 8.78 Å². The lowest BCUT2D eigenvalue weighted by Crippen LogP contribution is -2.53. The molecule has 1 heterocycles. The van der Waals surface area contributed by atoms with Crippen LogP contribution in [0.3, 0.4) is 0 Å². The molecule has 1 aromatic heterocycles. The molecule has 2 unspecified atom stereocenters. The van der Waals surface area contributed by atoms with Crippen molar-refractivity contribution in [3.63, 3.8) is 0 Å². The fourth-order valence-corrected chi connectivity index (χ4v) is 2.96. The van der Waals surface area contributed by atoms with E-state index in [0.29, 0.717) is 0 Å². The lowest BCUT2D eigenvalue weighted by atomic mass is 9.74. The molecule has 0 radical (unpaired) electrons. The molecular weight excluding hydrogens is 278 g/mol. The van der Waals surface area contributed by atoms with E-state index in [0.717, 1.165) is 30.3 Å². The molecule has 2 atom stereocenters. The average molecular weight is 300 g/mol.